The van der Waals surface area contributed by atoms with E-state index in [1.807, 2.05) is 0 Å². The Labute approximate surface area is 137 Å². The molecule has 1 aliphatic rings. The zero-order valence-electron chi connectivity index (χ0n) is 11.4. The number of aryl methyl sites for hydroxylation is 2. The van der Waals surface area contributed by atoms with E-state index in [1.54, 1.807) is 0 Å². The van der Waals surface area contributed by atoms with Crippen molar-refractivity contribution in [2.45, 2.75) is 32.2 Å². The quantitative estimate of drug-likeness (QED) is 0.709. The lowest BCUT2D eigenvalue weighted by atomic mass is 9.88. The molecule has 0 aromatic heterocycles. The van der Waals surface area contributed by atoms with Gasteiger partial charge in [0.15, 0.2) is 0 Å². The number of hydrogen-bond donors (Lipinski definition) is 1. The minimum atomic E-state index is 0.525. The number of rotatable bonds is 2. The van der Waals surface area contributed by atoms with Crippen molar-refractivity contribution >= 4 is 37.5 Å². The van der Waals surface area contributed by atoms with Gasteiger partial charge < -0.3 is 5.32 Å². The van der Waals surface area contributed by atoms with Crippen LogP contribution in [0.15, 0.2) is 45.3 Å². The van der Waals surface area contributed by atoms with E-state index < -0.39 is 0 Å². The first-order valence-corrected chi connectivity index (χ1v) is 8.50. The van der Waals surface area contributed by atoms with Crippen LogP contribution in [0, 0.1) is 6.92 Å². The van der Waals surface area contributed by atoms with Gasteiger partial charge in [-0.1, -0.05) is 44.0 Å². The fourth-order valence-electron chi connectivity index (χ4n) is 2.82. The second-order valence-corrected chi connectivity index (χ2v) is 7.29. The molecule has 0 heterocycles. The minimum absolute atomic E-state index is 0.525. The summed E-state index contributed by atoms with van der Waals surface area (Å²) in [4.78, 5) is 0. The predicted octanol–water partition coefficient (Wildman–Crippen LogP) is 5.49. The topological polar surface area (TPSA) is 12.0 Å². The van der Waals surface area contributed by atoms with Gasteiger partial charge in [-0.25, -0.2) is 0 Å². The molecule has 1 atom stereocenters. The molecule has 3 rings (SSSR count). The molecule has 3 heteroatoms. The van der Waals surface area contributed by atoms with Gasteiger partial charge in [-0.15, -0.1) is 0 Å². The summed E-state index contributed by atoms with van der Waals surface area (Å²) in [5.74, 6) is 0. The molecule has 0 saturated heterocycles. The van der Waals surface area contributed by atoms with Crippen LogP contribution >= 0.6 is 31.9 Å². The van der Waals surface area contributed by atoms with Gasteiger partial charge in [-0.05, 0) is 67.1 Å². The molecule has 1 nitrogen and oxygen atoms in total. The maximum Gasteiger partial charge on any atom is 0.0383 e. The molecule has 2 aromatic carbocycles. The van der Waals surface area contributed by atoms with Crippen LogP contribution in [0.5, 0.6) is 0 Å². The van der Waals surface area contributed by atoms with Gasteiger partial charge in [0.2, 0.25) is 0 Å². The highest BCUT2D eigenvalue weighted by molar-refractivity contribution is 9.10. The number of fused-ring (bicyclic) bond motifs is 1. The Morgan fingerprint density at radius 2 is 1.75 bits per heavy atom. The van der Waals surface area contributed by atoms with Crippen molar-refractivity contribution < 1.29 is 0 Å². The summed E-state index contributed by atoms with van der Waals surface area (Å²) < 4.78 is 2.32. The van der Waals surface area contributed by atoms with Crippen molar-refractivity contribution in [2.75, 3.05) is 5.32 Å². The minimum Gasteiger partial charge on any atom is -0.382 e. The lowest BCUT2D eigenvalue weighted by molar-refractivity contribution is 0.610. The van der Waals surface area contributed by atoms with E-state index in [9.17, 15) is 0 Å². The number of nitrogens with one attached hydrogen (secondary N) is 1. The van der Waals surface area contributed by atoms with Crippen LogP contribution in [0.3, 0.4) is 0 Å². The monoisotopic (exact) mass is 393 g/mol. The summed E-state index contributed by atoms with van der Waals surface area (Å²) in [6, 6.07) is 13.6. The largest absolute Gasteiger partial charge is 0.382 e. The number of anilines is 1. The lowest BCUT2D eigenvalue weighted by Crippen LogP contribution is -2.27. The number of halogens is 2. The second-order valence-electron chi connectivity index (χ2n) is 5.46. The van der Waals surface area contributed by atoms with Crippen LogP contribution in [0.2, 0.25) is 0 Å². The van der Waals surface area contributed by atoms with Crippen LogP contribution < -0.4 is 5.32 Å². The molecule has 1 N–H and O–H groups in total. The van der Waals surface area contributed by atoms with Crippen LogP contribution in [0.25, 0.3) is 0 Å². The summed E-state index contributed by atoms with van der Waals surface area (Å²) in [5.41, 5.74) is 5.51. The summed E-state index contributed by atoms with van der Waals surface area (Å²) in [5, 5.41) is 3.70. The third-order valence-electron chi connectivity index (χ3n) is 3.96. The van der Waals surface area contributed by atoms with Crippen molar-refractivity contribution in [3.05, 3.63) is 62.0 Å². The second kappa shape index (κ2) is 5.90. The Kier molecular flexibility index (Phi) is 4.18. The zero-order valence-corrected chi connectivity index (χ0v) is 14.6. The van der Waals surface area contributed by atoms with E-state index in [1.165, 1.54) is 33.3 Å². The van der Waals surface area contributed by atoms with E-state index in [0.29, 0.717) is 6.04 Å². The molecule has 0 aliphatic heterocycles. The Morgan fingerprint density at radius 3 is 2.60 bits per heavy atom. The maximum atomic E-state index is 3.70. The molecule has 0 saturated carbocycles. The van der Waals surface area contributed by atoms with Gasteiger partial charge in [0, 0.05) is 20.7 Å². The van der Waals surface area contributed by atoms with Crippen LogP contribution in [-0.4, -0.2) is 6.04 Å². The summed E-state index contributed by atoms with van der Waals surface area (Å²) in [6.45, 7) is 2.16. The zero-order chi connectivity index (χ0) is 14.1. The van der Waals surface area contributed by atoms with Gasteiger partial charge in [0.05, 0.1) is 0 Å². The standard InChI is InChI=1S/C17H17Br2N/c1-11-2-5-15(19)10-17(11)20-16-7-4-12-8-14(18)6-3-13(12)9-16/h2-3,5-6,8,10,16,20H,4,7,9H2,1H3. The first kappa shape index (κ1) is 14.2. The van der Waals surface area contributed by atoms with Crippen molar-refractivity contribution in [3.8, 4) is 0 Å². The lowest BCUT2D eigenvalue weighted by Gasteiger charge is -2.27. The molecular weight excluding hydrogens is 378 g/mol. The summed E-state index contributed by atoms with van der Waals surface area (Å²) in [6.07, 6.45) is 3.45. The van der Waals surface area contributed by atoms with Gasteiger partial charge in [-0.2, -0.15) is 0 Å². The van der Waals surface area contributed by atoms with Crippen molar-refractivity contribution in [3.63, 3.8) is 0 Å². The molecule has 0 fully saturated rings. The third kappa shape index (κ3) is 3.09. The van der Waals surface area contributed by atoms with E-state index in [0.717, 1.165) is 17.3 Å². The first-order valence-electron chi connectivity index (χ1n) is 6.92. The van der Waals surface area contributed by atoms with E-state index in [2.05, 4.69) is 80.5 Å². The Morgan fingerprint density at radius 1 is 1.00 bits per heavy atom. The average molecular weight is 395 g/mol. The summed E-state index contributed by atoms with van der Waals surface area (Å²) in [7, 11) is 0. The molecule has 1 unspecified atom stereocenters. The number of hydrogen-bond acceptors (Lipinski definition) is 1. The molecule has 104 valence electrons. The SMILES string of the molecule is Cc1ccc(Br)cc1NC1CCc2cc(Br)ccc2C1. The third-order valence-corrected chi connectivity index (χ3v) is 4.94. The van der Waals surface area contributed by atoms with Gasteiger partial charge in [0.1, 0.15) is 0 Å². The van der Waals surface area contributed by atoms with Crippen LogP contribution in [-0.2, 0) is 12.8 Å². The Balaban J connectivity index is 1.77. The molecule has 0 spiro atoms. The first-order chi connectivity index (χ1) is 9.61. The molecule has 20 heavy (non-hydrogen) atoms. The fourth-order valence-corrected chi connectivity index (χ4v) is 3.59. The fraction of sp³-hybridized carbons (Fsp3) is 0.294. The molecule has 0 amide bonds. The maximum absolute atomic E-state index is 3.70. The highest BCUT2D eigenvalue weighted by Crippen LogP contribution is 2.28. The van der Waals surface area contributed by atoms with Crippen LogP contribution in [0.1, 0.15) is 23.1 Å². The molecule has 0 bridgehead atoms. The van der Waals surface area contributed by atoms with Crippen molar-refractivity contribution in [1.29, 1.82) is 0 Å². The van der Waals surface area contributed by atoms with E-state index in [4.69, 9.17) is 0 Å². The number of benzene rings is 2. The molecule has 0 radical (unpaired) electrons. The van der Waals surface area contributed by atoms with Gasteiger partial charge in [-0.3, -0.25) is 0 Å². The van der Waals surface area contributed by atoms with E-state index in [-0.39, 0.29) is 0 Å². The van der Waals surface area contributed by atoms with E-state index >= 15 is 0 Å². The van der Waals surface area contributed by atoms with Gasteiger partial charge in [0.25, 0.3) is 0 Å². The highest BCUT2D eigenvalue weighted by atomic mass is 79.9. The van der Waals surface area contributed by atoms with Crippen molar-refractivity contribution in [1.82, 2.24) is 0 Å². The molecular formula is C17H17Br2N. The average Bonchev–Trinajstić information content (AvgIpc) is 2.43. The highest BCUT2D eigenvalue weighted by Gasteiger charge is 2.19. The van der Waals surface area contributed by atoms with Crippen LogP contribution in [0.4, 0.5) is 5.69 Å². The Hall–Kier alpha value is -0.800. The van der Waals surface area contributed by atoms with Gasteiger partial charge >= 0.3 is 0 Å². The summed E-state index contributed by atoms with van der Waals surface area (Å²) >= 11 is 7.11. The molecule has 1 aliphatic carbocycles. The van der Waals surface area contributed by atoms with Crippen molar-refractivity contribution in [2.24, 2.45) is 0 Å². The predicted molar refractivity (Wildman–Crippen MR) is 92.5 cm³/mol. The normalized spacial score (nSPS) is 17.6. The Bertz CT molecular complexity index is 637. The smallest absolute Gasteiger partial charge is 0.0383 e. The molecule has 2 aromatic rings.